The van der Waals surface area contributed by atoms with E-state index in [0.29, 0.717) is 39.1 Å². The molecule has 4 rings (SSSR count). The number of likely N-dealkylation sites (tertiary alicyclic amines) is 1. The van der Waals surface area contributed by atoms with Crippen LogP contribution in [-0.4, -0.2) is 55.6 Å². The van der Waals surface area contributed by atoms with Crippen molar-refractivity contribution in [1.82, 2.24) is 10.2 Å². The van der Waals surface area contributed by atoms with Crippen molar-refractivity contribution in [1.29, 1.82) is 0 Å². The second-order valence-electron chi connectivity index (χ2n) is 7.21. The minimum Gasteiger partial charge on any atom is -0.464 e. The average Bonchev–Trinajstić information content (AvgIpc) is 3.29. The van der Waals surface area contributed by atoms with Gasteiger partial charge < -0.3 is 24.7 Å². The normalized spacial score (nSPS) is 20.7. The number of amides is 2. The molecule has 2 saturated heterocycles. The summed E-state index contributed by atoms with van der Waals surface area (Å²) in [7, 11) is 0. The molecule has 2 N–H and O–H groups in total. The molecule has 3 heterocycles. The smallest absolute Gasteiger partial charge is 0.253 e. The van der Waals surface area contributed by atoms with Gasteiger partial charge in [-0.15, -0.1) is 0 Å². The van der Waals surface area contributed by atoms with Gasteiger partial charge in [0.25, 0.3) is 5.91 Å². The van der Waals surface area contributed by atoms with E-state index < -0.39 is 6.10 Å². The van der Waals surface area contributed by atoms with Crippen molar-refractivity contribution in [2.24, 2.45) is 5.92 Å². The van der Waals surface area contributed by atoms with Gasteiger partial charge in [0.2, 0.25) is 5.91 Å². The molecule has 28 heavy (non-hydrogen) atoms. The van der Waals surface area contributed by atoms with Crippen LogP contribution in [0.1, 0.15) is 12.8 Å². The first-order valence-corrected chi connectivity index (χ1v) is 9.76. The zero-order valence-corrected chi connectivity index (χ0v) is 15.7. The van der Waals surface area contributed by atoms with Crippen molar-refractivity contribution in [3.63, 3.8) is 0 Å². The molecule has 0 bridgehead atoms. The van der Waals surface area contributed by atoms with E-state index in [4.69, 9.17) is 9.15 Å². The minimum atomic E-state index is -0.400. The van der Waals surface area contributed by atoms with Crippen molar-refractivity contribution < 1.29 is 18.7 Å². The Labute approximate surface area is 164 Å². The van der Waals surface area contributed by atoms with Crippen molar-refractivity contribution in [3.8, 4) is 11.3 Å². The standard InChI is InChI=1S/C21H25N3O4/c25-20(23-17-4-1-3-16(13-17)18-5-2-11-27-18)15-6-9-24(10-7-15)21(26)19-14-22-8-12-28-19/h1-5,11,13,15,19,22H,6-10,12,14H2,(H,23,25)/t19-/m0/s1. The summed E-state index contributed by atoms with van der Waals surface area (Å²) in [5, 5.41) is 6.18. The van der Waals surface area contributed by atoms with Crippen LogP contribution >= 0.6 is 0 Å². The van der Waals surface area contributed by atoms with E-state index >= 15 is 0 Å². The molecule has 2 amide bonds. The highest BCUT2D eigenvalue weighted by molar-refractivity contribution is 5.93. The van der Waals surface area contributed by atoms with Crippen LogP contribution in [0.5, 0.6) is 0 Å². The number of anilines is 1. The van der Waals surface area contributed by atoms with E-state index in [0.717, 1.165) is 23.6 Å². The van der Waals surface area contributed by atoms with Gasteiger partial charge in [0, 0.05) is 43.3 Å². The van der Waals surface area contributed by atoms with Gasteiger partial charge in [-0.2, -0.15) is 0 Å². The maximum absolute atomic E-state index is 12.7. The number of nitrogens with one attached hydrogen (secondary N) is 2. The Hall–Kier alpha value is -2.64. The summed E-state index contributed by atoms with van der Waals surface area (Å²) in [4.78, 5) is 27.0. The topological polar surface area (TPSA) is 83.8 Å². The van der Waals surface area contributed by atoms with Gasteiger partial charge in [0.15, 0.2) is 0 Å². The van der Waals surface area contributed by atoms with Gasteiger partial charge in [-0.3, -0.25) is 9.59 Å². The Morgan fingerprint density at radius 1 is 1.14 bits per heavy atom. The molecule has 0 unspecified atom stereocenters. The van der Waals surface area contributed by atoms with Crippen molar-refractivity contribution >= 4 is 17.5 Å². The number of benzene rings is 1. The summed E-state index contributed by atoms with van der Waals surface area (Å²) in [5.74, 6) is 0.695. The summed E-state index contributed by atoms with van der Waals surface area (Å²) >= 11 is 0. The molecule has 2 aromatic rings. The predicted molar refractivity (Wildman–Crippen MR) is 105 cm³/mol. The predicted octanol–water partition coefficient (Wildman–Crippen LogP) is 2.11. The number of carbonyl (C=O) groups excluding carboxylic acids is 2. The fraction of sp³-hybridized carbons (Fsp3) is 0.429. The maximum Gasteiger partial charge on any atom is 0.253 e. The molecular weight excluding hydrogens is 358 g/mol. The molecule has 1 aromatic carbocycles. The molecule has 0 saturated carbocycles. The van der Waals surface area contributed by atoms with Crippen LogP contribution in [0.3, 0.4) is 0 Å². The van der Waals surface area contributed by atoms with Gasteiger partial charge >= 0.3 is 0 Å². The van der Waals surface area contributed by atoms with Crippen LogP contribution in [0.4, 0.5) is 5.69 Å². The number of carbonyl (C=O) groups is 2. The number of rotatable bonds is 4. The van der Waals surface area contributed by atoms with Gasteiger partial charge in [-0.05, 0) is 37.1 Å². The molecule has 0 spiro atoms. The van der Waals surface area contributed by atoms with Crippen molar-refractivity contribution in [2.75, 3.05) is 38.1 Å². The lowest BCUT2D eigenvalue weighted by Crippen LogP contribution is -2.51. The number of hydrogen-bond acceptors (Lipinski definition) is 5. The maximum atomic E-state index is 12.7. The molecule has 1 aromatic heterocycles. The summed E-state index contributed by atoms with van der Waals surface area (Å²) in [5.41, 5.74) is 1.67. The van der Waals surface area contributed by atoms with Crippen LogP contribution in [0.25, 0.3) is 11.3 Å². The lowest BCUT2D eigenvalue weighted by Gasteiger charge is -2.34. The van der Waals surface area contributed by atoms with E-state index in [1.54, 1.807) is 6.26 Å². The third kappa shape index (κ3) is 4.26. The minimum absolute atomic E-state index is 0.000670. The Balaban J connectivity index is 1.31. The SMILES string of the molecule is O=C(Nc1cccc(-c2ccco2)c1)C1CCN(C(=O)[C@@H]2CNCCO2)CC1. The lowest BCUT2D eigenvalue weighted by molar-refractivity contribution is -0.147. The first kappa shape index (κ1) is 18.7. The monoisotopic (exact) mass is 383 g/mol. The summed E-state index contributed by atoms with van der Waals surface area (Å²) in [6.07, 6.45) is 2.55. The van der Waals surface area contributed by atoms with Gasteiger partial charge in [0.1, 0.15) is 11.9 Å². The van der Waals surface area contributed by atoms with Crippen LogP contribution in [0, 0.1) is 5.92 Å². The Bertz CT molecular complexity index is 807. The number of hydrogen-bond donors (Lipinski definition) is 2. The number of ether oxygens (including phenoxy) is 1. The molecule has 0 aliphatic carbocycles. The van der Waals surface area contributed by atoms with Crippen LogP contribution < -0.4 is 10.6 Å². The summed E-state index contributed by atoms with van der Waals surface area (Å²) < 4.78 is 11.0. The van der Waals surface area contributed by atoms with Crippen molar-refractivity contribution in [3.05, 3.63) is 42.7 Å². The van der Waals surface area contributed by atoms with E-state index in [2.05, 4.69) is 10.6 Å². The largest absolute Gasteiger partial charge is 0.464 e. The molecule has 7 nitrogen and oxygen atoms in total. The number of piperidine rings is 1. The van der Waals surface area contributed by atoms with Crippen LogP contribution in [-0.2, 0) is 14.3 Å². The van der Waals surface area contributed by atoms with Gasteiger partial charge in [-0.1, -0.05) is 12.1 Å². The zero-order valence-electron chi connectivity index (χ0n) is 15.7. The molecule has 2 fully saturated rings. The Morgan fingerprint density at radius 2 is 2.00 bits per heavy atom. The highest BCUT2D eigenvalue weighted by Gasteiger charge is 2.32. The first-order valence-electron chi connectivity index (χ1n) is 9.76. The van der Waals surface area contributed by atoms with Crippen molar-refractivity contribution in [2.45, 2.75) is 18.9 Å². The highest BCUT2D eigenvalue weighted by atomic mass is 16.5. The highest BCUT2D eigenvalue weighted by Crippen LogP contribution is 2.25. The molecule has 1 atom stereocenters. The number of nitrogens with zero attached hydrogens (tertiary/aromatic N) is 1. The quantitative estimate of drug-likeness (QED) is 0.845. The second kappa shape index (κ2) is 8.58. The molecule has 148 valence electrons. The van der Waals surface area contributed by atoms with E-state index in [9.17, 15) is 9.59 Å². The Kier molecular flexibility index (Phi) is 5.73. The van der Waals surface area contributed by atoms with E-state index in [1.165, 1.54) is 0 Å². The molecule has 0 radical (unpaired) electrons. The molecule has 2 aliphatic heterocycles. The fourth-order valence-electron chi connectivity index (χ4n) is 3.73. The second-order valence-corrected chi connectivity index (χ2v) is 7.21. The van der Waals surface area contributed by atoms with Gasteiger partial charge in [-0.25, -0.2) is 0 Å². The van der Waals surface area contributed by atoms with E-state index in [1.807, 2.05) is 41.3 Å². The lowest BCUT2D eigenvalue weighted by atomic mass is 9.95. The van der Waals surface area contributed by atoms with E-state index in [-0.39, 0.29) is 17.7 Å². The summed E-state index contributed by atoms with van der Waals surface area (Å²) in [6, 6.07) is 11.3. The first-order chi connectivity index (χ1) is 13.7. The third-order valence-corrected chi connectivity index (χ3v) is 5.32. The molecular formula is C21H25N3O4. The number of furan rings is 1. The Morgan fingerprint density at radius 3 is 2.71 bits per heavy atom. The zero-order chi connectivity index (χ0) is 19.3. The number of morpholine rings is 1. The summed E-state index contributed by atoms with van der Waals surface area (Å²) in [6.45, 7) is 3.08. The third-order valence-electron chi connectivity index (χ3n) is 5.32. The average molecular weight is 383 g/mol. The van der Waals surface area contributed by atoms with Gasteiger partial charge in [0.05, 0.1) is 12.9 Å². The molecule has 2 aliphatic rings. The van der Waals surface area contributed by atoms with Crippen LogP contribution in [0.15, 0.2) is 47.1 Å². The van der Waals surface area contributed by atoms with Crippen LogP contribution in [0.2, 0.25) is 0 Å². The molecule has 7 heteroatoms. The fourth-order valence-corrected chi connectivity index (χ4v) is 3.73.